The van der Waals surface area contributed by atoms with E-state index in [-0.39, 0.29) is 12.2 Å². The molecule has 2 aliphatic rings. The molecule has 1 saturated carbocycles. The maximum atomic E-state index is 11.8. The van der Waals surface area contributed by atoms with Crippen LogP contribution in [0.5, 0.6) is 0 Å². The smallest absolute Gasteiger partial charge is 0.410 e. The quantitative estimate of drug-likeness (QED) is 0.751. The fraction of sp³-hybridized carbons (Fsp3) is 0.909. The molecule has 0 aromatic heterocycles. The molecule has 1 heterocycles. The highest BCUT2D eigenvalue weighted by Gasteiger charge is 2.31. The second-order valence-corrected chi connectivity index (χ2v) is 4.45. The van der Waals surface area contributed by atoms with Gasteiger partial charge in [0.1, 0.15) is 6.10 Å². The molecule has 0 aromatic rings. The Bertz CT molecular complexity index is 241. The molecule has 2 atom stereocenters. The van der Waals surface area contributed by atoms with Crippen LogP contribution in [-0.2, 0) is 9.47 Å². The number of hydrogen-bond donors (Lipinski definition) is 1. The Balaban J connectivity index is 1.81. The molecule has 2 fully saturated rings. The molecular formula is C11H20N2O3. The molecule has 92 valence electrons. The van der Waals surface area contributed by atoms with Crippen molar-refractivity contribution in [3.63, 3.8) is 0 Å². The first-order chi connectivity index (χ1) is 7.81. The molecule has 1 amide bonds. The van der Waals surface area contributed by atoms with Crippen molar-refractivity contribution >= 4 is 6.09 Å². The van der Waals surface area contributed by atoms with Gasteiger partial charge >= 0.3 is 6.09 Å². The van der Waals surface area contributed by atoms with Crippen LogP contribution in [0.15, 0.2) is 0 Å². The fourth-order valence-electron chi connectivity index (χ4n) is 2.38. The van der Waals surface area contributed by atoms with Gasteiger partial charge in [0.05, 0.1) is 13.2 Å². The summed E-state index contributed by atoms with van der Waals surface area (Å²) >= 11 is 0. The Morgan fingerprint density at radius 1 is 1.38 bits per heavy atom. The van der Waals surface area contributed by atoms with Crippen LogP contribution in [0.1, 0.15) is 19.3 Å². The Kier molecular flexibility index (Phi) is 4.01. The zero-order chi connectivity index (χ0) is 11.4. The molecule has 1 saturated heterocycles. The third-order valence-corrected chi connectivity index (χ3v) is 3.41. The van der Waals surface area contributed by atoms with E-state index in [4.69, 9.17) is 15.2 Å². The number of amides is 1. The molecule has 16 heavy (non-hydrogen) atoms. The lowest BCUT2D eigenvalue weighted by atomic mass is 10.1. The molecule has 0 radical (unpaired) electrons. The van der Waals surface area contributed by atoms with Crippen LogP contribution in [0.4, 0.5) is 4.79 Å². The van der Waals surface area contributed by atoms with Gasteiger partial charge in [0.15, 0.2) is 0 Å². The number of carbonyl (C=O) groups is 1. The van der Waals surface area contributed by atoms with Crippen LogP contribution in [0.25, 0.3) is 0 Å². The van der Waals surface area contributed by atoms with Gasteiger partial charge in [-0.15, -0.1) is 0 Å². The van der Waals surface area contributed by atoms with Crippen molar-refractivity contribution in [3.8, 4) is 0 Å². The summed E-state index contributed by atoms with van der Waals surface area (Å²) in [5, 5.41) is 0. The SMILES string of the molecule is NCC1CCCC1OC(=O)N1CCOCC1. The number of nitrogens with zero attached hydrogens (tertiary/aromatic N) is 1. The van der Waals surface area contributed by atoms with E-state index in [1.165, 1.54) is 0 Å². The highest BCUT2D eigenvalue weighted by atomic mass is 16.6. The third-order valence-electron chi connectivity index (χ3n) is 3.41. The molecule has 0 aromatic carbocycles. The van der Waals surface area contributed by atoms with Gasteiger partial charge in [-0.25, -0.2) is 4.79 Å². The molecule has 0 bridgehead atoms. The van der Waals surface area contributed by atoms with Crippen molar-refractivity contribution in [1.29, 1.82) is 0 Å². The van der Waals surface area contributed by atoms with Gasteiger partial charge in [-0.3, -0.25) is 0 Å². The second-order valence-electron chi connectivity index (χ2n) is 4.45. The van der Waals surface area contributed by atoms with Gasteiger partial charge in [0, 0.05) is 19.0 Å². The maximum Gasteiger partial charge on any atom is 0.410 e. The molecule has 1 aliphatic carbocycles. The Hall–Kier alpha value is -0.810. The lowest BCUT2D eigenvalue weighted by molar-refractivity contribution is 0.00602. The number of hydrogen-bond acceptors (Lipinski definition) is 4. The Morgan fingerprint density at radius 2 is 2.12 bits per heavy atom. The summed E-state index contributed by atoms with van der Waals surface area (Å²) < 4.78 is 10.7. The summed E-state index contributed by atoms with van der Waals surface area (Å²) in [6.07, 6.45) is 2.98. The van der Waals surface area contributed by atoms with E-state index in [1.807, 2.05) is 0 Å². The van der Waals surface area contributed by atoms with Crippen molar-refractivity contribution in [2.45, 2.75) is 25.4 Å². The highest BCUT2D eigenvalue weighted by Crippen LogP contribution is 2.27. The molecule has 5 heteroatoms. The lowest BCUT2D eigenvalue weighted by Crippen LogP contribution is -2.43. The third kappa shape index (κ3) is 2.65. The van der Waals surface area contributed by atoms with Crippen molar-refractivity contribution < 1.29 is 14.3 Å². The van der Waals surface area contributed by atoms with E-state index >= 15 is 0 Å². The first-order valence-corrected chi connectivity index (χ1v) is 6.04. The van der Waals surface area contributed by atoms with Crippen molar-refractivity contribution in [3.05, 3.63) is 0 Å². The minimum absolute atomic E-state index is 0.0281. The van der Waals surface area contributed by atoms with E-state index in [0.717, 1.165) is 19.3 Å². The van der Waals surface area contributed by atoms with Crippen LogP contribution < -0.4 is 5.73 Å². The minimum Gasteiger partial charge on any atom is -0.446 e. The number of ether oxygens (including phenoxy) is 2. The van der Waals surface area contributed by atoms with E-state index in [1.54, 1.807) is 4.90 Å². The van der Waals surface area contributed by atoms with Crippen LogP contribution in [0, 0.1) is 5.92 Å². The zero-order valence-electron chi connectivity index (χ0n) is 9.56. The fourth-order valence-corrected chi connectivity index (χ4v) is 2.38. The topological polar surface area (TPSA) is 64.8 Å². The summed E-state index contributed by atoms with van der Waals surface area (Å²) in [7, 11) is 0. The molecule has 1 aliphatic heterocycles. The summed E-state index contributed by atoms with van der Waals surface area (Å²) in [6, 6.07) is 0. The maximum absolute atomic E-state index is 11.8. The molecule has 2 N–H and O–H groups in total. The number of rotatable bonds is 2. The molecular weight excluding hydrogens is 208 g/mol. The highest BCUT2D eigenvalue weighted by molar-refractivity contribution is 5.68. The van der Waals surface area contributed by atoms with Gasteiger partial charge in [0.25, 0.3) is 0 Å². The average molecular weight is 228 g/mol. The van der Waals surface area contributed by atoms with Crippen molar-refractivity contribution in [2.75, 3.05) is 32.8 Å². The summed E-state index contributed by atoms with van der Waals surface area (Å²) in [6.45, 7) is 3.11. The molecule has 5 nitrogen and oxygen atoms in total. The normalized spacial score (nSPS) is 30.4. The van der Waals surface area contributed by atoms with E-state index < -0.39 is 0 Å². The summed E-state index contributed by atoms with van der Waals surface area (Å²) in [5.74, 6) is 0.352. The van der Waals surface area contributed by atoms with Crippen LogP contribution in [0.2, 0.25) is 0 Å². The van der Waals surface area contributed by atoms with Crippen molar-refractivity contribution in [1.82, 2.24) is 4.90 Å². The van der Waals surface area contributed by atoms with E-state index in [9.17, 15) is 4.79 Å². The summed E-state index contributed by atoms with van der Waals surface area (Å²) in [4.78, 5) is 13.5. The molecule has 2 rings (SSSR count). The van der Waals surface area contributed by atoms with Crippen molar-refractivity contribution in [2.24, 2.45) is 11.7 Å². The lowest BCUT2D eigenvalue weighted by Gasteiger charge is -2.28. The van der Waals surface area contributed by atoms with Gasteiger partial charge in [0.2, 0.25) is 0 Å². The monoisotopic (exact) mass is 228 g/mol. The average Bonchev–Trinajstić information content (AvgIpc) is 2.77. The standard InChI is InChI=1S/C11H20N2O3/c12-8-9-2-1-3-10(9)16-11(14)13-4-6-15-7-5-13/h9-10H,1-8,12H2. The van der Waals surface area contributed by atoms with Gasteiger partial charge < -0.3 is 20.1 Å². The number of morpholine rings is 1. The predicted octanol–water partition coefficient (Wildman–Crippen LogP) is 0.583. The first-order valence-electron chi connectivity index (χ1n) is 6.04. The van der Waals surface area contributed by atoms with Crippen LogP contribution in [-0.4, -0.2) is 49.9 Å². The molecule has 0 spiro atoms. The van der Waals surface area contributed by atoms with Gasteiger partial charge in [-0.2, -0.15) is 0 Å². The van der Waals surface area contributed by atoms with Gasteiger partial charge in [-0.1, -0.05) is 0 Å². The Labute approximate surface area is 95.9 Å². The predicted molar refractivity (Wildman–Crippen MR) is 59.1 cm³/mol. The van der Waals surface area contributed by atoms with E-state index in [0.29, 0.717) is 38.8 Å². The number of carbonyl (C=O) groups excluding carboxylic acids is 1. The van der Waals surface area contributed by atoms with E-state index in [2.05, 4.69) is 0 Å². The first kappa shape index (κ1) is 11.7. The minimum atomic E-state index is -0.200. The number of nitrogens with two attached hydrogens (primary N) is 1. The second kappa shape index (κ2) is 5.50. The largest absolute Gasteiger partial charge is 0.446 e. The molecule has 2 unspecified atom stereocenters. The Morgan fingerprint density at radius 3 is 2.81 bits per heavy atom. The summed E-state index contributed by atoms with van der Waals surface area (Å²) in [5.41, 5.74) is 5.65. The van der Waals surface area contributed by atoms with Crippen LogP contribution in [0.3, 0.4) is 0 Å². The zero-order valence-corrected chi connectivity index (χ0v) is 9.56. The van der Waals surface area contributed by atoms with Gasteiger partial charge in [-0.05, 0) is 25.8 Å². The van der Waals surface area contributed by atoms with Crippen LogP contribution >= 0.6 is 0 Å².